The van der Waals surface area contributed by atoms with Gasteiger partial charge >= 0.3 is 0 Å². The number of anilines is 2. The molecule has 0 aliphatic carbocycles. The van der Waals surface area contributed by atoms with Crippen molar-refractivity contribution in [3.05, 3.63) is 70.8 Å². The van der Waals surface area contributed by atoms with E-state index in [0.717, 1.165) is 24.4 Å². The fraction of sp³-hybridized carbons (Fsp3) is 0.286. The minimum Gasteiger partial charge on any atom is -0.755 e. The zero-order valence-corrected chi connectivity index (χ0v) is 18.5. The molecule has 4 rings (SSSR count). The van der Waals surface area contributed by atoms with Gasteiger partial charge in [-0.2, -0.15) is 0 Å². The molecular formula is C21H19F3N5O3S-. The minimum absolute atomic E-state index is 0.147. The van der Waals surface area contributed by atoms with Crippen molar-refractivity contribution in [3.8, 4) is 0 Å². The third-order valence-electron chi connectivity index (χ3n) is 5.66. The predicted octanol–water partition coefficient (Wildman–Crippen LogP) is 3.03. The van der Waals surface area contributed by atoms with Crippen LogP contribution in [0.4, 0.5) is 24.5 Å². The molecule has 3 heterocycles. The summed E-state index contributed by atoms with van der Waals surface area (Å²) in [5.74, 6) is -3.70. The summed E-state index contributed by atoms with van der Waals surface area (Å²) in [6.45, 7) is 1.60. The van der Waals surface area contributed by atoms with Crippen molar-refractivity contribution in [2.45, 2.75) is 32.2 Å². The summed E-state index contributed by atoms with van der Waals surface area (Å²) in [6.07, 6.45) is 3.01. The van der Waals surface area contributed by atoms with Crippen LogP contribution in [0, 0.1) is 24.4 Å². The number of nitrogens with one attached hydrogen (secondary N) is 1. The highest BCUT2D eigenvalue weighted by molar-refractivity contribution is 7.81. The van der Waals surface area contributed by atoms with Gasteiger partial charge < -0.3 is 14.4 Å². The van der Waals surface area contributed by atoms with Gasteiger partial charge in [-0.25, -0.2) is 18.2 Å². The van der Waals surface area contributed by atoms with Gasteiger partial charge in [0.05, 0.1) is 46.6 Å². The molecule has 0 bridgehead atoms. The maximum absolute atomic E-state index is 15.7. The molecule has 1 N–H and O–H groups in total. The van der Waals surface area contributed by atoms with Crippen LogP contribution >= 0.6 is 0 Å². The van der Waals surface area contributed by atoms with E-state index in [9.17, 15) is 22.3 Å². The molecule has 2 atom stereocenters. The van der Waals surface area contributed by atoms with Gasteiger partial charge in [-0.15, -0.1) is 0 Å². The number of carbonyl (C=O) groups excluding carboxylic acids is 1. The average molecular weight is 478 g/mol. The smallest absolute Gasteiger partial charge is 0.271 e. The fourth-order valence-corrected chi connectivity index (χ4v) is 4.74. The van der Waals surface area contributed by atoms with Crippen LogP contribution in [0.1, 0.15) is 39.8 Å². The zero-order chi connectivity index (χ0) is 23.9. The molecule has 3 aromatic rings. The number of nitrogens with zero attached hydrogens (tertiary/aromatic N) is 4. The molecule has 0 radical (unpaired) electrons. The number of aromatic nitrogens is 3. The number of benzene rings is 1. The van der Waals surface area contributed by atoms with E-state index in [1.165, 1.54) is 20.3 Å². The summed E-state index contributed by atoms with van der Waals surface area (Å²) in [5.41, 5.74) is 0.145. The molecule has 0 fully saturated rings. The van der Waals surface area contributed by atoms with Gasteiger partial charge in [0.25, 0.3) is 5.91 Å². The lowest BCUT2D eigenvalue weighted by molar-refractivity contribution is 0.0957. The second-order valence-electron chi connectivity index (χ2n) is 7.57. The average Bonchev–Trinajstić information content (AvgIpc) is 3.20. The van der Waals surface area contributed by atoms with E-state index in [1.807, 2.05) is 0 Å². The van der Waals surface area contributed by atoms with Crippen molar-refractivity contribution in [1.82, 2.24) is 19.9 Å². The molecular weight excluding hydrogens is 459 g/mol. The molecule has 2 aromatic heterocycles. The highest BCUT2D eigenvalue weighted by Gasteiger charge is 2.31. The van der Waals surface area contributed by atoms with Crippen LogP contribution in [-0.4, -0.2) is 36.3 Å². The van der Waals surface area contributed by atoms with Crippen LogP contribution < -0.4 is 9.62 Å². The number of aryl methyl sites for hydroxylation is 1. The highest BCUT2D eigenvalue weighted by Crippen LogP contribution is 2.39. The fourth-order valence-electron chi connectivity index (χ4n) is 4.09. The number of imidazole rings is 1. The normalized spacial score (nSPS) is 16.2. The Morgan fingerprint density at radius 1 is 1.27 bits per heavy atom. The van der Waals surface area contributed by atoms with Crippen LogP contribution in [0.2, 0.25) is 0 Å². The number of pyridine rings is 1. The van der Waals surface area contributed by atoms with Crippen LogP contribution in [0.5, 0.6) is 0 Å². The van der Waals surface area contributed by atoms with E-state index >= 15 is 4.39 Å². The summed E-state index contributed by atoms with van der Waals surface area (Å²) < 4.78 is 70.5. The number of hydrogen-bond donors (Lipinski definition) is 1. The molecule has 0 saturated carbocycles. The number of hydrogen-bond acceptors (Lipinski definition) is 5. The van der Waals surface area contributed by atoms with Gasteiger partial charge in [0.1, 0.15) is 17.3 Å². The molecule has 12 heteroatoms. The Morgan fingerprint density at radius 2 is 2.03 bits per heavy atom. The molecule has 174 valence electrons. The van der Waals surface area contributed by atoms with Crippen molar-refractivity contribution in [3.63, 3.8) is 0 Å². The van der Waals surface area contributed by atoms with Crippen LogP contribution in [-0.2, 0) is 24.2 Å². The number of rotatable bonds is 5. The number of halogens is 3. The Kier molecular flexibility index (Phi) is 6.21. The Morgan fingerprint density at radius 3 is 2.73 bits per heavy atom. The molecule has 0 saturated heterocycles. The van der Waals surface area contributed by atoms with Gasteiger partial charge in [-0.1, -0.05) is 0 Å². The van der Waals surface area contributed by atoms with E-state index in [4.69, 9.17) is 0 Å². The second-order valence-corrected chi connectivity index (χ2v) is 8.37. The molecule has 1 unspecified atom stereocenters. The molecule has 33 heavy (non-hydrogen) atoms. The van der Waals surface area contributed by atoms with Gasteiger partial charge in [0, 0.05) is 31.1 Å². The summed E-state index contributed by atoms with van der Waals surface area (Å²) >= 11 is -3.04. The van der Waals surface area contributed by atoms with Gasteiger partial charge in [0.2, 0.25) is 0 Å². The number of amides is 1. The van der Waals surface area contributed by atoms with E-state index in [1.54, 1.807) is 4.57 Å². The van der Waals surface area contributed by atoms with E-state index in [-0.39, 0.29) is 35.1 Å². The quantitative estimate of drug-likeness (QED) is 0.568. The lowest BCUT2D eigenvalue weighted by Crippen LogP contribution is -2.26. The van der Waals surface area contributed by atoms with Crippen LogP contribution in [0.25, 0.3) is 0 Å². The molecule has 1 aromatic carbocycles. The van der Waals surface area contributed by atoms with Crippen LogP contribution in [0.3, 0.4) is 0 Å². The Labute approximate surface area is 189 Å². The SMILES string of the molecule is CNC(=O)c1ncn2c1CC[C@H](c1c(F)ccc(N(c3cc(F)cnc3C)S(=O)[O-])c1F)C2. The lowest BCUT2D eigenvalue weighted by atomic mass is 9.89. The molecule has 0 spiro atoms. The van der Waals surface area contributed by atoms with E-state index < -0.39 is 40.3 Å². The monoisotopic (exact) mass is 478 g/mol. The summed E-state index contributed by atoms with van der Waals surface area (Å²) in [6, 6.07) is 2.89. The maximum Gasteiger partial charge on any atom is 0.271 e. The Hall–Kier alpha value is -3.25. The first-order valence-corrected chi connectivity index (χ1v) is 11.0. The summed E-state index contributed by atoms with van der Waals surface area (Å²) in [4.78, 5) is 19.9. The van der Waals surface area contributed by atoms with E-state index in [0.29, 0.717) is 22.8 Å². The summed E-state index contributed by atoms with van der Waals surface area (Å²) in [5, 5.41) is 2.50. The number of carbonyl (C=O) groups is 1. The van der Waals surface area contributed by atoms with Gasteiger partial charge in [0.15, 0.2) is 5.82 Å². The lowest BCUT2D eigenvalue weighted by Gasteiger charge is -2.30. The van der Waals surface area contributed by atoms with Crippen molar-refractivity contribution >= 4 is 28.5 Å². The maximum atomic E-state index is 15.7. The zero-order valence-electron chi connectivity index (χ0n) is 17.6. The van der Waals surface area contributed by atoms with Crippen molar-refractivity contribution in [2.75, 3.05) is 11.4 Å². The first kappa shape index (κ1) is 22.9. The second kappa shape index (κ2) is 8.94. The highest BCUT2D eigenvalue weighted by atomic mass is 32.2. The first-order valence-electron chi connectivity index (χ1n) is 9.98. The molecule has 1 aliphatic rings. The predicted molar refractivity (Wildman–Crippen MR) is 113 cm³/mol. The Bertz CT molecular complexity index is 1270. The van der Waals surface area contributed by atoms with Gasteiger partial charge in [-0.3, -0.25) is 18.3 Å². The van der Waals surface area contributed by atoms with E-state index in [2.05, 4.69) is 15.3 Å². The van der Waals surface area contributed by atoms with Crippen molar-refractivity contribution in [2.24, 2.45) is 0 Å². The number of fused-ring (bicyclic) bond motifs is 1. The van der Waals surface area contributed by atoms with Crippen molar-refractivity contribution in [1.29, 1.82) is 0 Å². The first-order chi connectivity index (χ1) is 15.7. The third-order valence-corrected chi connectivity index (χ3v) is 6.35. The standard InChI is InChI=1S/C21H20F3N5O3S/c1-11-17(7-13(22)8-26-11)29(33(31)32)15-6-4-14(23)18(19(15)24)12-3-5-16-20(21(30)25-2)27-10-28(16)9-12/h4,6-8,10,12H,3,5,9H2,1-2H3,(H,25,30)(H,31,32)/p-1/t12-/m0/s1. The minimum atomic E-state index is -3.04. The molecule has 1 amide bonds. The molecule has 1 aliphatic heterocycles. The topological polar surface area (TPSA) is 103 Å². The molecule has 8 nitrogen and oxygen atoms in total. The van der Waals surface area contributed by atoms with Gasteiger partial charge in [-0.05, 0) is 31.9 Å². The Balaban J connectivity index is 1.76. The summed E-state index contributed by atoms with van der Waals surface area (Å²) in [7, 11) is 1.48. The van der Waals surface area contributed by atoms with Crippen LogP contribution in [0.15, 0.2) is 30.7 Å². The largest absolute Gasteiger partial charge is 0.755 e. The van der Waals surface area contributed by atoms with Crippen molar-refractivity contribution < 1.29 is 26.7 Å². The third kappa shape index (κ3) is 4.11.